The van der Waals surface area contributed by atoms with E-state index in [9.17, 15) is 14.7 Å². The maximum atomic E-state index is 12.0. The summed E-state index contributed by atoms with van der Waals surface area (Å²) in [4.78, 5) is 25.2. The molecule has 7 nitrogen and oxygen atoms in total. The average Bonchev–Trinajstić information content (AvgIpc) is 2.44. The summed E-state index contributed by atoms with van der Waals surface area (Å²) in [6.45, 7) is 6.16. The van der Waals surface area contributed by atoms with Gasteiger partial charge in [0.2, 0.25) is 5.91 Å². The molecule has 1 atom stereocenters. The second-order valence-corrected chi connectivity index (χ2v) is 5.44. The van der Waals surface area contributed by atoms with Gasteiger partial charge < -0.3 is 19.5 Å². The van der Waals surface area contributed by atoms with Gasteiger partial charge in [0.05, 0.1) is 18.8 Å². The van der Waals surface area contributed by atoms with Crippen LogP contribution in [0.2, 0.25) is 0 Å². The molecule has 0 radical (unpaired) electrons. The molecule has 1 N–H and O–H groups in total. The summed E-state index contributed by atoms with van der Waals surface area (Å²) in [5.41, 5.74) is -1.05. The summed E-state index contributed by atoms with van der Waals surface area (Å²) in [5.74, 6) is -0.975. The van der Waals surface area contributed by atoms with Crippen molar-refractivity contribution < 1.29 is 24.2 Å². The third-order valence-electron chi connectivity index (χ3n) is 2.71. The summed E-state index contributed by atoms with van der Waals surface area (Å²) in [6, 6.07) is 0.731. The van der Waals surface area contributed by atoms with Crippen LogP contribution in [0.1, 0.15) is 26.7 Å². The minimum Gasteiger partial charge on any atom is -0.449 e. The van der Waals surface area contributed by atoms with Crippen LogP contribution in [0.5, 0.6) is 0 Å². The first kappa shape index (κ1) is 20.1. The van der Waals surface area contributed by atoms with Gasteiger partial charge in [-0.15, -0.1) is 6.58 Å². The molecule has 0 spiro atoms. The molecule has 0 heterocycles. The standard InChI is InChI=1S/C15H24N2O5/c1-5-6-7-13(18)17(4)12(14(19)22-9-8-16)10-21-11-15(2,3)20/h5,12,20H,1,6-7,9-11H2,2-4H3/t12-/m0/s1. The number of ether oxygens (including phenoxy) is 2. The van der Waals surface area contributed by atoms with E-state index in [0.29, 0.717) is 6.42 Å². The quantitative estimate of drug-likeness (QED) is 0.469. The average molecular weight is 312 g/mol. The van der Waals surface area contributed by atoms with E-state index in [-0.39, 0.29) is 25.5 Å². The maximum Gasteiger partial charge on any atom is 0.332 e. The maximum absolute atomic E-state index is 12.0. The molecule has 22 heavy (non-hydrogen) atoms. The van der Waals surface area contributed by atoms with Gasteiger partial charge >= 0.3 is 5.97 Å². The SMILES string of the molecule is C=CCCC(=O)N(C)[C@@H](COCC(C)(C)O)C(=O)OCC#N. The monoisotopic (exact) mass is 312 g/mol. The first-order chi connectivity index (χ1) is 10.2. The minimum absolute atomic E-state index is 0.00369. The molecule has 0 rings (SSSR count). The van der Waals surface area contributed by atoms with Gasteiger partial charge in [-0.05, 0) is 20.3 Å². The van der Waals surface area contributed by atoms with Crippen LogP contribution in [0.15, 0.2) is 12.7 Å². The largest absolute Gasteiger partial charge is 0.449 e. The van der Waals surface area contributed by atoms with Gasteiger partial charge in [-0.1, -0.05) is 6.08 Å². The number of nitriles is 1. The molecule has 0 bridgehead atoms. The van der Waals surface area contributed by atoms with Crippen molar-refractivity contribution in [3.63, 3.8) is 0 Å². The molecule has 124 valence electrons. The smallest absolute Gasteiger partial charge is 0.332 e. The second-order valence-electron chi connectivity index (χ2n) is 5.44. The van der Waals surface area contributed by atoms with Crippen LogP contribution >= 0.6 is 0 Å². The van der Waals surface area contributed by atoms with Crippen molar-refractivity contribution in [1.82, 2.24) is 4.90 Å². The number of nitrogens with zero attached hydrogens (tertiary/aromatic N) is 2. The predicted octanol–water partition coefficient (Wildman–Crippen LogP) is 0.634. The van der Waals surface area contributed by atoms with Crippen LogP contribution in [0.4, 0.5) is 0 Å². The van der Waals surface area contributed by atoms with Crippen LogP contribution < -0.4 is 0 Å². The van der Waals surface area contributed by atoms with Crippen molar-refractivity contribution in [3.05, 3.63) is 12.7 Å². The zero-order valence-corrected chi connectivity index (χ0v) is 13.4. The van der Waals surface area contributed by atoms with Crippen molar-refractivity contribution in [2.75, 3.05) is 26.9 Å². The lowest BCUT2D eigenvalue weighted by molar-refractivity contribution is -0.156. The molecule has 0 aliphatic carbocycles. The Kier molecular flexibility index (Phi) is 9.06. The predicted molar refractivity (Wildman–Crippen MR) is 79.7 cm³/mol. The van der Waals surface area contributed by atoms with Gasteiger partial charge in [0, 0.05) is 13.5 Å². The third-order valence-corrected chi connectivity index (χ3v) is 2.71. The number of amides is 1. The third kappa shape index (κ3) is 8.39. The van der Waals surface area contributed by atoms with Crippen LogP contribution in [0.3, 0.4) is 0 Å². The highest BCUT2D eigenvalue weighted by atomic mass is 16.5. The Morgan fingerprint density at radius 3 is 2.64 bits per heavy atom. The first-order valence-electron chi connectivity index (χ1n) is 6.93. The van der Waals surface area contributed by atoms with Crippen molar-refractivity contribution in [2.24, 2.45) is 0 Å². The lowest BCUT2D eigenvalue weighted by atomic mass is 10.1. The first-order valence-corrected chi connectivity index (χ1v) is 6.93. The van der Waals surface area contributed by atoms with E-state index in [4.69, 9.17) is 14.7 Å². The van der Waals surface area contributed by atoms with Gasteiger partial charge in [0.25, 0.3) is 0 Å². The number of allylic oxidation sites excluding steroid dienone is 1. The van der Waals surface area contributed by atoms with E-state index in [1.807, 2.05) is 0 Å². The zero-order valence-electron chi connectivity index (χ0n) is 13.4. The number of rotatable bonds is 10. The molecule has 0 aromatic carbocycles. The Balaban J connectivity index is 4.76. The number of carbonyl (C=O) groups excluding carboxylic acids is 2. The Bertz CT molecular complexity index is 423. The van der Waals surface area contributed by atoms with E-state index in [2.05, 4.69) is 6.58 Å². The van der Waals surface area contributed by atoms with Gasteiger partial charge in [-0.2, -0.15) is 5.26 Å². The van der Waals surface area contributed by atoms with E-state index in [1.165, 1.54) is 11.9 Å². The number of aliphatic hydroxyl groups is 1. The Hall–Kier alpha value is -1.91. The van der Waals surface area contributed by atoms with E-state index >= 15 is 0 Å². The van der Waals surface area contributed by atoms with Gasteiger partial charge in [0.1, 0.15) is 6.07 Å². The Morgan fingerprint density at radius 2 is 2.14 bits per heavy atom. The fourth-order valence-electron chi connectivity index (χ4n) is 1.53. The molecule has 1 amide bonds. The minimum atomic E-state index is -1.05. The van der Waals surface area contributed by atoms with Crippen molar-refractivity contribution in [2.45, 2.75) is 38.3 Å². The van der Waals surface area contributed by atoms with Gasteiger partial charge in [-0.3, -0.25) is 4.79 Å². The summed E-state index contributed by atoms with van der Waals surface area (Å²) in [5, 5.41) is 18.1. The number of likely N-dealkylation sites (N-methyl/N-ethyl adjacent to an activating group) is 1. The van der Waals surface area contributed by atoms with Crippen molar-refractivity contribution in [1.29, 1.82) is 5.26 Å². The summed E-state index contributed by atoms with van der Waals surface area (Å²) < 4.78 is 10.0. The molecule has 0 unspecified atom stereocenters. The molecule has 0 aromatic rings. The van der Waals surface area contributed by atoms with E-state index in [0.717, 1.165) is 0 Å². The normalized spacial score (nSPS) is 12.1. The highest BCUT2D eigenvalue weighted by Crippen LogP contribution is 2.08. The summed E-state index contributed by atoms with van der Waals surface area (Å²) in [6.07, 6.45) is 2.32. The fraction of sp³-hybridized carbons (Fsp3) is 0.667. The van der Waals surface area contributed by atoms with Gasteiger partial charge in [0.15, 0.2) is 12.6 Å². The molecule has 0 aliphatic rings. The second kappa shape index (κ2) is 9.92. The number of carbonyl (C=O) groups is 2. The fourth-order valence-corrected chi connectivity index (χ4v) is 1.53. The highest BCUT2D eigenvalue weighted by molar-refractivity contribution is 5.84. The Morgan fingerprint density at radius 1 is 1.50 bits per heavy atom. The zero-order chi connectivity index (χ0) is 17.2. The summed E-state index contributed by atoms with van der Waals surface area (Å²) in [7, 11) is 1.47. The molecule has 0 saturated carbocycles. The molecule has 0 fully saturated rings. The number of esters is 1. The topological polar surface area (TPSA) is 99.9 Å². The summed E-state index contributed by atoms with van der Waals surface area (Å²) >= 11 is 0. The van der Waals surface area contributed by atoms with Crippen LogP contribution in [-0.4, -0.2) is 60.4 Å². The molecule has 7 heteroatoms. The lowest BCUT2D eigenvalue weighted by Gasteiger charge is -2.27. The van der Waals surface area contributed by atoms with Crippen LogP contribution in [0.25, 0.3) is 0 Å². The molecule has 0 aliphatic heterocycles. The molecule has 0 saturated heterocycles. The molecular weight excluding hydrogens is 288 g/mol. The van der Waals surface area contributed by atoms with E-state index < -0.39 is 24.2 Å². The number of hydrogen-bond donors (Lipinski definition) is 1. The molecular formula is C15H24N2O5. The van der Waals surface area contributed by atoms with Crippen molar-refractivity contribution >= 4 is 11.9 Å². The van der Waals surface area contributed by atoms with Gasteiger partial charge in [-0.25, -0.2) is 4.79 Å². The number of hydrogen-bond acceptors (Lipinski definition) is 6. The van der Waals surface area contributed by atoms with Crippen LogP contribution in [-0.2, 0) is 19.1 Å². The Labute approximate surface area is 131 Å². The van der Waals surface area contributed by atoms with Crippen molar-refractivity contribution in [3.8, 4) is 6.07 Å². The highest BCUT2D eigenvalue weighted by Gasteiger charge is 2.29. The lowest BCUT2D eigenvalue weighted by Crippen LogP contribution is -2.47. The molecule has 0 aromatic heterocycles. The van der Waals surface area contributed by atoms with Crippen LogP contribution in [0, 0.1) is 11.3 Å². The van der Waals surface area contributed by atoms with E-state index in [1.54, 1.807) is 26.0 Å².